The SMILES string of the molecule is Cc1ccc(-n2nc(C(=O)N3CCCC3)c(=O)n(Cc3ccccc3Cl)c2=O)cc1F. The highest BCUT2D eigenvalue weighted by Crippen LogP contribution is 2.16. The van der Waals surface area contributed by atoms with Crippen LogP contribution in [-0.2, 0) is 6.54 Å². The third kappa shape index (κ3) is 4.03. The summed E-state index contributed by atoms with van der Waals surface area (Å²) >= 11 is 6.22. The summed E-state index contributed by atoms with van der Waals surface area (Å²) in [5.74, 6) is -1.07. The Labute approximate surface area is 182 Å². The van der Waals surface area contributed by atoms with Gasteiger partial charge in [-0.25, -0.2) is 9.18 Å². The van der Waals surface area contributed by atoms with E-state index in [4.69, 9.17) is 11.6 Å². The molecule has 1 aliphatic heterocycles. The highest BCUT2D eigenvalue weighted by Gasteiger charge is 2.27. The van der Waals surface area contributed by atoms with Crippen LogP contribution in [0.5, 0.6) is 0 Å². The van der Waals surface area contributed by atoms with Gasteiger partial charge in [0.15, 0.2) is 0 Å². The number of aromatic nitrogens is 3. The largest absolute Gasteiger partial charge is 0.352 e. The van der Waals surface area contributed by atoms with Gasteiger partial charge in [-0.05, 0) is 43.0 Å². The number of hydrogen-bond acceptors (Lipinski definition) is 4. The molecular weight excluding hydrogens is 423 g/mol. The lowest BCUT2D eigenvalue weighted by atomic mass is 10.2. The van der Waals surface area contributed by atoms with E-state index in [1.54, 1.807) is 31.2 Å². The van der Waals surface area contributed by atoms with Crippen LogP contribution in [0, 0.1) is 12.7 Å². The molecule has 7 nitrogen and oxygen atoms in total. The molecule has 0 aliphatic carbocycles. The molecular formula is C22H20ClFN4O3. The summed E-state index contributed by atoms with van der Waals surface area (Å²) in [6.07, 6.45) is 1.67. The van der Waals surface area contributed by atoms with Gasteiger partial charge in [-0.2, -0.15) is 9.78 Å². The number of hydrogen-bond donors (Lipinski definition) is 0. The van der Waals surface area contributed by atoms with E-state index < -0.39 is 23.0 Å². The highest BCUT2D eigenvalue weighted by molar-refractivity contribution is 6.31. The van der Waals surface area contributed by atoms with E-state index in [0.29, 0.717) is 29.2 Å². The zero-order valence-electron chi connectivity index (χ0n) is 16.8. The molecule has 160 valence electrons. The first-order chi connectivity index (χ1) is 14.9. The van der Waals surface area contributed by atoms with Crippen LogP contribution in [0.3, 0.4) is 0 Å². The number of likely N-dealkylation sites (tertiary alicyclic amines) is 1. The predicted octanol–water partition coefficient (Wildman–Crippen LogP) is 2.78. The van der Waals surface area contributed by atoms with Crippen molar-refractivity contribution in [2.75, 3.05) is 13.1 Å². The Kier molecular flexibility index (Phi) is 5.73. The van der Waals surface area contributed by atoms with Crippen molar-refractivity contribution in [1.29, 1.82) is 0 Å². The van der Waals surface area contributed by atoms with Crippen molar-refractivity contribution in [3.05, 3.63) is 91.0 Å². The monoisotopic (exact) mass is 442 g/mol. The second kappa shape index (κ2) is 8.47. The van der Waals surface area contributed by atoms with Crippen LogP contribution < -0.4 is 11.2 Å². The van der Waals surface area contributed by atoms with Crippen molar-refractivity contribution in [2.24, 2.45) is 0 Å². The Balaban J connectivity index is 1.92. The molecule has 0 spiro atoms. The maximum Gasteiger partial charge on any atom is 0.352 e. The van der Waals surface area contributed by atoms with Gasteiger partial charge >= 0.3 is 5.69 Å². The summed E-state index contributed by atoms with van der Waals surface area (Å²) < 4.78 is 16.0. The average molecular weight is 443 g/mol. The van der Waals surface area contributed by atoms with Crippen molar-refractivity contribution in [2.45, 2.75) is 26.3 Å². The minimum atomic E-state index is -0.800. The summed E-state index contributed by atoms with van der Waals surface area (Å²) in [6.45, 7) is 2.48. The first-order valence-corrected chi connectivity index (χ1v) is 10.3. The van der Waals surface area contributed by atoms with Crippen LogP contribution in [0.15, 0.2) is 52.1 Å². The predicted molar refractivity (Wildman–Crippen MR) is 114 cm³/mol. The highest BCUT2D eigenvalue weighted by atomic mass is 35.5. The van der Waals surface area contributed by atoms with Gasteiger partial charge in [0.2, 0.25) is 5.69 Å². The number of carbonyl (C=O) groups excluding carboxylic acids is 1. The van der Waals surface area contributed by atoms with Crippen LogP contribution >= 0.6 is 11.6 Å². The van der Waals surface area contributed by atoms with E-state index >= 15 is 0 Å². The summed E-state index contributed by atoms with van der Waals surface area (Å²) in [5, 5.41) is 4.44. The molecule has 9 heteroatoms. The lowest BCUT2D eigenvalue weighted by Crippen LogP contribution is -2.46. The van der Waals surface area contributed by atoms with Crippen LogP contribution in [0.25, 0.3) is 5.69 Å². The molecule has 2 heterocycles. The summed E-state index contributed by atoms with van der Waals surface area (Å²) in [4.78, 5) is 40.8. The smallest absolute Gasteiger partial charge is 0.337 e. The van der Waals surface area contributed by atoms with Gasteiger partial charge in [-0.1, -0.05) is 35.9 Å². The van der Waals surface area contributed by atoms with Crippen LogP contribution in [0.4, 0.5) is 4.39 Å². The third-order valence-electron chi connectivity index (χ3n) is 5.34. The zero-order chi connectivity index (χ0) is 22.1. The molecule has 1 fully saturated rings. The minimum absolute atomic E-state index is 0.122. The number of aryl methyl sites for hydroxylation is 1. The van der Waals surface area contributed by atoms with E-state index in [9.17, 15) is 18.8 Å². The second-order valence-corrected chi connectivity index (χ2v) is 7.87. The molecule has 0 saturated carbocycles. The number of rotatable bonds is 4. The molecule has 2 aromatic carbocycles. The molecule has 1 amide bonds. The minimum Gasteiger partial charge on any atom is -0.337 e. The molecule has 0 bridgehead atoms. The normalized spacial score (nSPS) is 13.6. The molecule has 0 radical (unpaired) electrons. The topological polar surface area (TPSA) is 77.2 Å². The molecule has 1 aromatic heterocycles. The van der Waals surface area contributed by atoms with Gasteiger partial charge in [0.05, 0.1) is 12.2 Å². The number of amides is 1. The van der Waals surface area contributed by atoms with Gasteiger partial charge in [-0.15, -0.1) is 0 Å². The first-order valence-electron chi connectivity index (χ1n) is 9.90. The number of halogens is 2. The van der Waals surface area contributed by atoms with Gasteiger partial charge < -0.3 is 4.90 Å². The fourth-order valence-corrected chi connectivity index (χ4v) is 3.73. The van der Waals surface area contributed by atoms with Gasteiger partial charge in [0.1, 0.15) is 5.82 Å². The van der Waals surface area contributed by atoms with Crippen molar-refractivity contribution in [1.82, 2.24) is 19.2 Å². The quantitative estimate of drug-likeness (QED) is 0.622. The van der Waals surface area contributed by atoms with Crippen LogP contribution in [-0.4, -0.2) is 38.2 Å². The molecule has 1 saturated heterocycles. The Morgan fingerprint density at radius 3 is 2.52 bits per heavy atom. The van der Waals surface area contributed by atoms with Crippen molar-refractivity contribution in [3.8, 4) is 5.69 Å². The lowest BCUT2D eigenvalue weighted by Gasteiger charge is -2.17. The molecule has 0 unspecified atom stereocenters. The molecule has 1 aliphatic rings. The van der Waals surface area contributed by atoms with Gasteiger partial charge in [-0.3, -0.25) is 14.2 Å². The molecule has 0 N–H and O–H groups in total. The zero-order valence-corrected chi connectivity index (χ0v) is 17.6. The maximum absolute atomic E-state index is 14.2. The average Bonchev–Trinajstić information content (AvgIpc) is 3.29. The van der Waals surface area contributed by atoms with E-state index in [1.807, 2.05) is 0 Å². The second-order valence-electron chi connectivity index (χ2n) is 7.46. The Bertz CT molecular complexity index is 1280. The van der Waals surface area contributed by atoms with E-state index in [0.717, 1.165) is 28.2 Å². The molecule has 31 heavy (non-hydrogen) atoms. The Morgan fingerprint density at radius 1 is 1.13 bits per heavy atom. The van der Waals surface area contributed by atoms with Crippen molar-refractivity contribution < 1.29 is 9.18 Å². The summed E-state index contributed by atoms with van der Waals surface area (Å²) in [6, 6.07) is 11.0. The number of benzene rings is 2. The van der Waals surface area contributed by atoms with E-state index in [-0.39, 0.29) is 17.9 Å². The van der Waals surface area contributed by atoms with Crippen LogP contribution in [0.1, 0.15) is 34.5 Å². The lowest BCUT2D eigenvalue weighted by molar-refractivity contribution is 0.0781. The first kappa shape index (κ1) is 21.0. The fourth-order valence-electron chi connectivity index (χ4n) is 3.54. The Hall–Kier alpha value is -3.26. The third-order valence-corrected chi connectivity index (χ3v) is 5.71. The van der Waals surface area contributed by atoms with Gasteiger partial charge in [0, 0.05) is 24.2 Å². The van der Waals surface area contributed by atoms with Crippen molar-refractivity contribution in [3.63, 3.8) is 0 Å². The van der Waals surface area contributed by atoms with E-state index in [1.165, 1.54) is 17.0 Å². The molecule has 0 atom stereocenters. The fraction of sp³-hybridized carbons (Fsp3) is 0.273. The standard InChI is InChI=1S/C22H20ClFN4O3/c1-14-8-9-16(12-18(14)24)28-22(31)27(13-15-6-2-3-7-17(15)23)21(30)19(25-28)20(29)26-10-4-5-11-26/h2-3,6-9,12H,4-5,10-11,13H2,1H3. The van der Waals surface area contributed by atoms with Gasteiger partial charge in [0.25, 0.3) is 11.5 Å². The molecule has 3 aromatic rings. The maximum atomic E-state index is 14.2. The summed E-state index contributed by atoms with van der Waals surface area (Å²) in [5.41, 5.74) is -0.909. The van der Waals surface area contributed by atoms with Crippen molar-refractivity contribution >= 4 is 17.5 Å². The number of carbonyl (C=O) groups is 1. The molecule has 4 rings (SSSR count). The summed E-state index contributed by atoms with van der Waals surface area (Å²) in [7, 11) is 0. The number of nitrogens with zero attached hydrogens (tertiary/aromatic N) is 4. The Morgan fingerprint density at radius 2 is 1.84 bits per heavy atom. The van der Waals surface area contributed by atoms with E-state index in [2.05, 4.69) is 5.10 Å². The van der Waals surface area contributed by atoms with Crippen LogP contribution in [0.2, 0.25) is 5.02 Å².